The topological polar surface area (TPSA) is 62.5 Å². The molecule has 1 fully saturated rings. The Balaban J connectivity index is 2.00. The van der Waals surface area contributed by atoms with E-state index in [1.807, 2.05) is 0 Å². The molecule has 1 aliphatic carbocycles. The number of carbonyl (C=O) groups is 1. The predicted octanol–water partition coefficient (Wildman–Crippen LogP) is 0.534. The van der Waals surface area contributed by atoms with Gasteiger partial charge in [0.2, 0.25) is 0 Å². The van der Waals surface area contributed by atoms with Gasteiger partial charge in [-0.15, -0.1) is 0 Å². The molecular formula is C9H11NO3. The zero-order valence-electron chi connectivity index (χ0n) is 7.12. The van der Waals surface area contributed by atoms with E-state index in [9.17, 15) is 4.79 Å². The first-order valence-electron chi connectivity index (χ1n) is 4.21. The molecule has 13 heavy (non-hydrogen) atoms. The van der Waals surface area contributed by atoms with E-state index in [4.69, 9.17) is 9.52 Å². The van der Waals surface area contributed by atoms with Gasteiger partial charge < -0.3 is 14.8 Å². The third kappa shape index (κ3) is 1.58. The lowest BCUT2D eigenvalue weighted by Crippen LogP contribution is -2.39. The molecule has 1 heterocycles. The van der Waals surface area contributed by atoms with Crippen molar-refractivity contribution < 1.29 is 14.3 Å². The van der Waals surface area contributed by atoms with Crippen LogP contribution in [-0.2, 0) is 0 Å². The quantitative estimate of drug-likeness (QED) is 0.715. The average molecular weight is 181 g/mol. The number of aliphatic hydroxyl groups is 1. The molecule has 1 aromatic rings. The summed E-state index contributed by atoms with van der Waals surface area (Å²) in [4.78, 5) is 11.4. The maximum Gasteiger partial charge on any atom is 0.255 e. The highest BCUT2D eigenvalue weighted by Gasteiger charge is 2.43. The van der Waals surface area contributed by atoms with Crippen LogP contribution in [0.4, 0.5) is 0 Å². The molecule has 0 spiro atoms. The second-order valence-corrected chi connectivity index (χ2v) is 3.40. The van der Waals surface area contributed by atoms with Crippen LogP contribution in [0.3, 0.4) is 0 Å². The highest BCUT2D eigenvalue weighted by atomic mass is 16.3. The van der Waals surface area contributed by atoms with E-state index in [2.05, 4.69) is 5.32 Å². The number of furan rings is 1. The van der Waals surface area contributed by atoms with Crippen molar-refractivity contribution in [2.75, 3.05) is 6.61 Å². The lowest BCUT2D eigenvalue weighted by atomic mass is 10.2. The number of aliphatic hydroxyl groups excluding tert-OH is 1. The molecule has 0 atom stereocenters. The van der Waals surface area contributed by atoms with Gasteiger partial charge in [-0.05, 0) is 18.9 Å². The van der Waals surface area contributed by atoms with Crippen LogP contribution >= 0.6 is 0 Å². The molecule has 1 aliphatic rings. The minimum Gasteiger partial charge on any atom is -0.472 e. The molecule has 0 radical (unpaired) electrons. The Labute approximate surface area is 75.6 Å². The molecule has 0 aromatic carbocycles. The van der Waals surface area contributed by atoms with Gasteiger partial charge in [-0.25, -0.2) is 0 Å². The average Bonchev–Trinajstić information content (AvgIpc) is 2.69. The van der Waals surface area contributed by atoms with Crippen molar-refractivity contribution in [3.05, 3.63) is 24.2 Å². The third-order valence-corrected chi connectivity index (χ3v) is 2.32. The van der Waals surface area contributed by atoms with Crippen molar-refractivity contribution in [2.24, 2.45) is 0 Å². The number of hydrogen-bond donors (Lipinski definition) is 2. The zero-order valence-corrected chi connectivity index (χ0v) is 7.12. The van der Waals surface area contributed by atoms with Crippen molar-refractivity contribution >= 4 is 5.91 Å². The Kier molecular flexibility index (Phi) is 1.84. The summed E-state index contributed by atoms with van der Waals surface area (Å²) in [7, 11) is 0. The predicted molar refractivity (Wildman–Crippen MR) is 45.2 cm³/mol. The molecule has 0 aliphatic heterocycles. The summed E-state index contributed by atoms with van der Waals surface area (Å²) in [6.45, 7) is 0.0105. The lowest BCUT2D eigenvalue weighted by molar-refractivity contribution is 0.0906. The highest BCUT2D eigenvalue weighted by Crippen LogP contribution is 2.34. The maximum absolute atomic E-state index is 11.4. The first kappa shape index (κ1) is 8.31. The molecule has 0 saturated heterocycles. The van der Waals surface area contributed by atoms with Crippen molar-refractivity contribution in [1.82, 2.24) is 5.32 Å². The zero-order chi connectivity index (χ0) is 9.31. The fraction of sp³-hybridized carbons (Fsp3) is 0.444. The molecule has 0 unspecified atom stereocenters. The van der Waals surface area contributed by atoms with Crippen LogP contribution in [0.5, 0.6) is 0 Å². The summed E-state index contributed by atoms with van der Waals surface area (Å²) in [5, 5.41) is 11.7. The van der Waals surface area contributed by atoms with E-state index in [0.717, 1.165) is 12.8 Å². The normalized spacial score (nSPS) is 18.2. The molecule has 1 saturated carbocycles. The second kappa shape index (κ2) is 2.88. The number of hydrogen-bond acceptors (Lipinski definition) is 3. The van der Waals surface area contributed by atoms with Gasteiger partial charge in [0.05, 0.1) is 24.0 Å². The van der Waals surface area contributed by atoms with E-state index in [1.165, 1.54) is 12.5 Å². The number of nitrogens with one attached hydrogen (secondary N) is 1. The van der Waals surface area contributed by atoms with Gasteiger partial charge in [0.25, 0.3) is 5.91 Å². The van der Waals surface area contributed by atoms with Crippen LogP contribution in [0.25, 0.3) is 0 Å². The number of rotatable bonds is 3. The summed E-state index contributed by atoms with van der Waals surface area (Å²) >= 11 is 0. The molecule has 2 rings (SSSR count). The Bertz CT molecular complexity index is 301. The van der Waals surface area contributed by atoms with E-state index in [1.54, 1.807) is 6.07 Å². The summed E-state index contributed by atoms with van der Waals surface area (Å²) in [5.74, 6) is -0.180. The van der Waals surface area contributed by atoms with Crippen molar-refractivity contribution in [2.45, 2.75) is 18.4 Å². The van der Waals surface area contributed by atoms with Crippen LogP contribution in [0, 0.1) is 0 Å². The first-order chi connectivity index (χ1) is 6.26. The Morgan fingerprint density at radius 3 is 2.92 bits per heavy atom. The number of amides is 1. The summed E-state index contributed by atoms with van der Waals surface area (Å²) in [5.41, 5.74) is 0.147. The van der Waals surface area contributed by atoms with Crippen LogP contribution < -0.4 is 5.32 Å². The van der Waals surface area contributed by atoms with Crippen LogP contribution in [0.2, 0.25) is 0 Å². The fourth-order valence-corrected chi connectivity index (χ4v) is 1.18. The van der Waals surface area contributed by atoms with Crippen LogP contribution in [0.15, 0.2) is 23.0 Å². The minimum atomic E-state index is -0.353. The van der Waals surface area contributed by atoms with E-state index in [0.29, 0.717) is 5.56 Å². The molecule has 1 amide bonds. The SMILES string of the molecule is O=C(NC1(CO)CC1)c1ccoc1. The summed E-state index contributed by atoms with van der Waals surface area (Å²) in [6, 6.07) is 1.60. The molecule has 0 bridgehead atoms. The van der Waals surface area contributed by atoms with E-state index >= 15 is 0 Å². The standard InChI is InChI=1S/C9H11NO3/c11-6-9(2-3-9)10-8(12)7-1-4-13-5-7/h1,4-5,11H,2-3,6H2,(H,10,12). The van der Waals surface area contributed by atoms with Gasteiger partial charge in [0.1, 0.15) is 6.26 Å². The van der Waals surface area contributed by atoms with Crippen molar-refractivity contribution in [1.29, 1.82) is 0 Å². The number of carbonyl (C=O) groups excluding carboxylic acids is 1. The lowest BCUT2D eigenvalue weighted by Gasteiger charge is -2.12. The minimum absolute atomic E-state index is 0.0105. The summed E-state index contributed by atoms with van der Waals surface area (Å²) < 4.78 is 4.78. The Morgan fingerprint density at radius 2 is 2.46 bits per heavy atom. The van der Waals surface area contributed by atoms with Gasteiger partial charge in [0, 0.05) is 0 Å². The van der Waals surface area contributed by atoms with Crippen LogP contribution in [0.1, 0.15) is 23.2 Å². The Hall–Kier alpha value is -1.29. The van der Waals surface area contributed by atoms with Gasteiger partial charge in [-0.2, -0.15) is 0 Å². The smallest absolute Gasteiger partial charge is 0.255 e. The first-order valence-corrected chi connectivity index (χ1v) is 4.21. The maximum atomic E-state index is 11.4. The van der Waals surface area contributed by atoms with Crippen LogP contribution in [-0.4, -0.2) is 23.2 Å². The molecule has 2 N–H and O–H groups in total. The molecule has 4 nitrogen and oxygen atoms in total. The largest absolute Gasteiger partial charge is 0.472 e. The molecule has 1 aromatic heterocycles. The Morgan fingerprint density at radius 1 is 1.69 bits per heavy atom. The van der Waals surface area contributed by atoms with E-state index < -0.39 is 0 Å². The van der Waals surface area contributed by atoms with Crippen molar-refractivity contribution in [3.63, 3.8) is 0 Å². The summed E-state index contributed by atoms with van der Waals surface area (Å²) in [6.07, 6.45) is 4.55. The molecular weight excluding hydrogens is 170 g/mol. The fourth-order valence-electron chi connectivity index (χ4n) is 1.18. The van der Waals surface area contributed by atoms with Gasteiger partial charge in [-0.1, -0.05) is 0 Å². The molecule has 70 valence electrons. The van der Waals surface area contributed by atoms with Crippen molar-refractivity contribution in [3.8, 4) is 0 Å². The van der Waals surface area contributed by atoms with Gasteiger partial charge in [0.15, 0.2) is 0 Å². The highest BCUT2D eigenvalue weighted by molar-refractivity contribution is 5.94. The second-order valence-electron chi connectivity index (χ2n) is 3.40. The van der Waals surface area contributed by atoms with Gasteiger partial charge >= 0.3 is 0 Å². The monoisotopic (exact) mass is 181 g/mol. The molecule has 4 heteroatoms. The van der Waals surface area contributed by atoms with Gasteiger partial charge in [-0.3, -0.25) is 4.79 Å². The third-order valence-electron chi connectivity index (χ3n) is 2.32. The van der Waals surface area contributed by atoms with E-state index in [-0.39, 0.29) is 18.1 Å².